The van der Waals surface area contributed by atoms with Crippen molar-refractivity contribution >= 4 is 0 Å². The van der Waals surface area contributed by atoms with Gasteiger partial charge in [0.25, 0.3) is 0 Å². The SMILES string of the molecule is CCCCN(CC)CC1CNCc2ccccc21. The van der Waals surface area contributed by atoms with E-state index in [-0.39, 0.29) is 0 Å². The molecule has 1 unspecified atom stereocenters. The molecule has 2 nitrogen and oxygen atoms in total. The molecule has 0 radical (unpaired) electrons. The molecule has 0 amide bonds. The molecule has 0 aromatic heterocycles. The summed E-state index contributed by atoms with van der Waals surface area (Å²) in [6, 6.07) is 8.91. The molecule has 0 saturated heterocycles. The van der Waals surface area contributed by atoms with Crippen LogP contribution in [-0.2, 0) is 6.54 Å². The zero-order valence-electron chi connectivity index (χ0n) is 11.8. The number of nitrogens with zero attached hydrogens (tertiary/aromatic N) is 1. The lowest BCUT2D eigenvalue weighted by atomic mass is 9.90. The third kappa shape index (κ3) is 3.33. The van der Waals surface area contributed by atoms with Gasteiger partial charge in [-0.3, -0.25) is 0 Å². The van der Waals surface area contributed by atoms with Gasteiger partial charge in [-0.15, -0.1) is 0 Å². The minimum atomic E-state index is 0.659. The summed E-state index contributed by atoms with van der Waals surface area (Å²) in [7, 11) is 0. The van der Waals surface area contributed by atoms with E-state index in [0.717, 1.165) is 13.1 Å². The van der Waals surface area contributed by atoms with Crippen LogP contribution in [0.15, 0.2) is 24.3 Å². The van der Waals surface area contributed by atoms with Gasteiger partial charge in [0.15, 0.2) is 0 Å². The Balaban J connectivity index is 2.01. The van der Waals surface area contributed by atoms with Crippen LogP contribution in [0.5, 0.6) is 0 Å². The van der Waals surface area contributed by atoms with Crippen molar-refractivity contribution in [1.29, 1.82) is 0 Å². The van der Waals surface area contributed by atoms with E-state index in [2.05, 4.69) is 48.3 Å². The average Bonchev–Trinajstić information content (AvgIpc) is 2.43. The molecule has 1 N–H and O–H groups in total. The highest BCUT2D eigenvalue weighted by molar-refractivity contribution is 5.32. The summed E-state index contributed by atoms with van der Waals surface area (Å²) < 4.78 is 0. The molecule has 1 aromatic rings. The molecule has 1 aromatic carbocycles. The molecule has 0 saturated carbocycles. The maximum Gasteiger partial charge on any atom is 0.0208 e. The number of fused-ring (bicyclic) bond motifs is 1. The van der Waals surface area contributed by atoms with Crippen LogP contribution in [0, 0.1) is 0 Å². The number of benzene rings is 1. The molecular weight excluding hydrogens is 220 g/mol. The normalized spacial score (nSPS) is 18.9. The number of likely N-dealkylation sites (N-methyl/N-ethyl adjacent to an activating group) is 1. The van der Waals surface area contributed by atoms with Gasteiger partial charge in [0.05, 0.1) is 0 Å². The van der Waals surface area contributed by atoms with Crippen molar-refractivity contribution in [2.75, 3.05) is 26.2 Å². The van der Waals surface area contributed by atoms with Crippen LogP contribution in [0.4, 0.5) is 0 Å². The van der Waals surface area contributed by atoms with E-state index in [1.54, 1.807) is 5.56 Å². The summed E-state index contributed by atoms with van der Waals surface area (Å²) in [5.74, 6) is 0.659. The van der Waals surface area contributed by atoms with Gasteiger partial charge in [0.2, 0.25) is 0 Å². The van der Waals surface area contributed by atoms with Gasteiger partial charge in [0, 0.05) is 25.6 Å². The first-order valence-corrected chi connectivity index (χ1v) is 7.36. The highest BCUT2D eigenvalue weighted by Gasteiger charge is 2.21. The highest BCUT2D eigenvalue weighted by Crippen LogP contribution is 2.24. The number of hydrogen-bond donors (Lipinski definition) is 1. The van der Waals surface area contributed by atoms with E-state index in [9.17, 15) is 0 Å². The van der Waals surface area contributed by atoms with Crippen molar-refractivity contribution < 1.29 is 0 Å². The summed E-state index contributed by atoms with van der Waals surface area (Å²) in [6.45, 7) is 10.3. The largest absolute Gasteiger partial charge is 0.312 e. The Morgan fingerprint density at radius 2 is 2.11 bits per heavy atom. The lowest BCUT2D eigenvalue weighted by Crippen LogP contribution is -2.37. The van der Waals surface area contributed by atoms with Crippen LogP contribution in [0.1, 0.15) is 43.7 Å². The van der Waals surface area contributed by atoms with Gasteiger partial charge in [-0.1, -0.05) is 44.5 Å². The van der Waals surface area contributed by atoms with E-state index in [4.69, 9.17) is 0 Å². The van der Waals surface area contributed by atoms with Gasteiger partial charge >= 0.3 is 0 Å². The second-order valence-corrected chi connectivity index (χ2v) is 5.27. The zero-order chi connectivity index (χ0) is 12.8. The molecule has 0 bridgehead atoms. The van der Waals surface area contributed by atoms with Crippen LogP contribution in [0.25, 0.3) is 0 Å². The first-order chi connectivity index (χ1) is 8.85. The summed E-state index contributed by atoms with van der Waals surface area (Å²) >= 11 is 0. The number of unbranched alkanes of at least 4 members (excludes halogenated alkanes) is 1. The summed E-state index contributed by atoms with van der Waals surface area (Å²) in [6.07, 6.45) is 2.60. The molecule has 0 spiro atoms. The fraction of sp³-hybridized carbons (Fsp3) is 0.625. The third-order valence-electron chi connectivity index (χ3n) is 3.95. The van der Waals surface area contributed by atoms with Crippen molar-refractivity contribution in [2.24, 2.45) is 0 Å². The summed E-state index contributed by atoms with van der Waals surface area (Å²) in [5.41, 5.74) is 3.05. The first-order valence-electron chi connectivity index (χ1n) is 7.36. The van der Waals surface area contributed by atoms with Crippen molar-refractivity contribution in [1.82, 2.24) is 10.2 Å². The van der Waals surface area contributed by atoms with Crippen molar-refractivity contribution in [2.45, 2.75) is 39.2 Å². The molecule has 0 fully saturated rings. The minimum Gasteiger partial charge on any atom is -0.312 e. The average molecular weight is 246 g/mol. The Hall–Kier alpha value is -0.860. The molecule has 2 rings (SSSR count). The van der Waals surface area contributed by atoms with Gasteiger partial charge in [-0.25, -0.2) is 0 Å². The molecular formula is C16H26N2. The molecule has 1 aliphatic rings. The molecule has 18 heavy (non-hydrogen) atoms. The van der Waals surface area contributed by atoms with Gasteiger partial charge in [-0.05, 0) is 30.6 Å². The smallest absolute Gasteiger partial charge is 0.0208 e. The molecule has 2 heteroatoms. The van der Waals surface area contributed by atoms with E-state index in [1.165, 1.54) is 38.0 Å². The topological polar surface area (TPSA) is 15.3 Å². The second-order valence-electron chi connectivity index (χ2n) is 5.27. The van der Waals surface area contributed by atoms with Crippen LogP contribution < -0.4 is 5.32 Å². The predicted molar refractivity (Wildman–Crippen MR) is 77.9 cm³/mol. The number of rotatable bonds is 6. The Morgan fingerprint density at radius 1 is 1.28 bits per heavy atom. The number of hydrogen-bond acceptors (Lipinski definition) is 2. The minimum absolute atomic E-state index is 0.659. The number of nitrogens with one attached hydrogen (secondary N) is 1. The van der Waals surface area contributed by atoms with E-state index in [0.29, 0.717) is 5.92 Å². The lowest BCUT2D eigenvalue weighted by molar-refractivity contribution is 0.258. The highest BCUT2D eigenvalue weighted by atomic mass is 15.1. The van der Waals surface area contributed by atoms with Crippen molar-refractivity contribution in [3.63, 3.8) is 0 Å². The Morgan fingerprint density at radius 3 is 2.89 bits per heavy atom. The molecule has 0 aliphatic carbocycles. The second kappa shape index (κ2) is 6.91. The molecule has 1 atom stereocenters. The Bertz CT molecular complexity index is 362. The van der Waals surface area contributed by atoms with Crippen LogP contribution in [0.3, 0.4) is 0 Å². The van der Waals surface area contributed by atoms with Crippen molar-refractivity contribution in [3.05, 3.63) is 35.4 Å². The maximum atomic E-state index is 3.55. The van der Waals surface area contributed by atoms with Crippen LogP contribution in [0.2, 0.25) is 0 Å². The van der Waals surface area contributed by atoms with Crippen LogP contribution >= 0.6 is 0 Å². The maximum absolute atomic E-state index is 3.55. The Labute approximate surface area is 111 Å². The lowest BCUT2D eigenvalue weighted by Gasteiger charge is -2.31. The molecule has 100 valence electrons. The van der Waals surface area contributed by atoms with E-state index in [1.807, 2.05) is 0 Å². The van der Waals surface area contributed by atoms with E-state index < -0.39 is 0 Å². The van der Waals surface area contributed by atoms with Gasteiger partial charge < -0.3 is 10.2 Å². The standard InChI is InChI=1S/C16H26N2/c1-3-5-10-18(4-2)13-15-12-17-11-14-8-6-7-9-16(14)15/h6-9,15,17H,3-5,10-13H2,1-2H3. The Kier molecular flexibility index (Phi) is 5.21. The molecule has 1 aliphatic heterocycles. The fourth-order valence-electron chi connectivity index (χ4n) is 2.82. The van der Waals surface area contributed by atoms with E-state index >= 15 is 0 Å². The zero-order valence-corrected chi connectivity index (χ0v) is 11.8. The van der Waals surface area contributed by atoms with Crippen molar-refractivity contribution in [3.8, 4) is 0 Å². The summed E-state index contributed by atoms with van der Waals surface area (Å²) in [4.78, 5) is 2.60. The predicted octanol–water partition coefficient (Wildman–Crippen LogP) is 3.00. The van der Waals surface area contributed by atoms with Gasteiger partial charge in [0.1, 0.15) is 0 Å². The first kappa shape index (κ1) is 13.6. The van der Waals surface area contributed by atoms with Crippen LogP contribution in [-0.4, -0.2) is 31.1 Å². The monoisotopic (exact) mass is 246 g/mol. The van der Waals surface area contributed by atoms with Gasteiger partial charge in [-0.2, -0.15) is 0 Å². The quantitative estimate of drug-likeness (QED) is 0.830. The summed E-state index contributed by atoms with van der Waals surface area (Å²) in [5, 5.41) is 3.55. The fourth-order valence-corrected chi connectivity index (χ4v) is 2.82. The molecule has 1 heterocycles. The third-order valence-corrected chi connectivity index (χ3v) is 3.95.